The molecule has 0 aromatic carbocycles. The molecule has 2 saturated heterocycles. The molecule has 3 aliphatic rings. The maximum atomic E-state index is 13.8. The molecule has 0 unspecified atom stereocenters. The van der Waals surface area contributed by atoms with Crippen LogP contribution in [0.1, 0.15) is 65.7 Å². The van der Waals surface area contributed by atoms with Crippen LogP contribution in [-0.2, 0) is 38.1 Å². The number of aliphatic hydroxyl groups excluding tert-OH is 3. The molecule has 232 valence electrons. The lowest BCUT2D eigenvalue weighted by molar-refractivity contribution is -0.288. The maximum Gasteiger partial charge on any atom is 0.338 e. The van der Waals surface area contributed by atoms with Crippen LogP contribution in [0.25, 0.3) is 0 Å². The third kappa shape index (κ3) is 7.63. The summed E-state index contributed by atoms with van der Waals surface area (Å²) in [6.07, 6.45) is -2.91. The number of carbonyl (C=O) groups is 4. The minimum absolute atomic E-state index is 0.0557. The first-order chi connectivity index (χ1) is 19.5. The Labute approximate surface area is 240 Å². The average molecular weight is 585 g/mol. The summed E-state index contributed by atoms with van der Waals surface area (Å²) in [4.78, 5) is 53.6. The summed E-state index contributed by atoms with van der Waals surface area (Å²) in [5.41, 5.74) is 0. The Morgan fingerprint density at radius 3 is 2.41 bits per heavy atom. The number of esters is 3. The van der Waals surface area contributed by atoms with E-state index in [1.54, 1.807) is 13.8 Å². The first kappa shape index (κ1) is 32.9. The van der Waals surface area contributed by atoms with E-state index >= 15 is 0 Å². The van der Waals surface area contributed by atoms with Gasteiger partial charge in [-0.25, -0.2) is 9.59 Å². The quantitative estimate of drug-likeness (QED) is 0.136. The van der Waals surface area contributed by atoms with Gasteiger partial charge in [0, 0.05) is 6.04 Å². The van der Waals surface area contributed by atoms with Crippen molar-refractivity contribution in [2.45, 2.75) is 121 Å². The fourth-order valence-electron chi connectivity index (χ4n) is 5.94. The maximum absolute atomic E-state index is 13.8. The highest BCUT2D eigenvalue weighted by Crippen LogP contribution is 2.41. The van der Waals surface area contributed by atoms with Crippen LogP contribution in [0.15, 0.2) is 12.7 Å². The summed E-state index contributed by atoms with van der Waals surface area (Å²) >= 11 is 0. The molecule has 0 bridgehead atoms. The van der Waals surface area contributed by atoms with Gasteiger partial charge in [0.05, 0.1) is 12.6 Å². The predicted molar refractivity (Wildman–Crippen MR) is 143 cm³/mol. The molecule has 13 nitrogen and oxygen atoms in total. The van der Waals surface area contributed by atoms with Crippen molar-refractivity contribution >= 4 is 23.8 Å². The normalized spacial score (nSPS) is 32.8. The molecular formula is C28H44N2O11. The zero-order valence-electron chi connectivity index (χ0n) is 24.0. The number of nitrogens with one attached hydrogen (secondary N) is 1. The van der Waals surface area contributed by atoms with Crippen molar-refractivity contribution < 1.29 is 53.4 Å². The number of fused-ring (bicyclic) bond motifs is 1. The standard InChI is InChI=1S/C28H44N2O11/c1-5-10-17(25(35)38-7-3)29-15(4)24(34)30-18-12-9-8-11-16(18)14-19(30)26(36)41-28-22(33)20(31)21(32)23(40-28)27(37)39-13-6-2/h6,15-23,28-29,31-33H,2,5,7-14H2,1,3-4H3/t15-,16-,17-,18-,19-,20+,21-,22-,23+,28-/m0/s1. The summed E-state index contributed by atoms with van der Waals surface area (Å²) in [6.45, 7) is 8.71. The molecule has 0 aromatic heterocycles. The van der Waals surface area contributed by atoms with Gasteiger partial charge >= 0.3 is 17.9 Å². The summed E-state index contributed by atoms with van der Waals surface area (Å²) in [5.74, 6) is -2.68. The van der Waals surface area contributed by atoms with Crippen LogP contribution in [0.3, 0.4) is 0 Å². The van der Waals surface area contributed by atoms with Crippen LogP contribution >= 0.6 is 0 Å². The lowest BCUT2D eigenvalue weighted by atomic mass is 9.84. The van der Waals surface area contributed by atoms with Gasteiger partial charge in [-0.3, -0.25) is 14.9 Å². The van der Waals surface area contributed by atoms with E-state index in [9.17, 15) is 34.5 Å². The first-order valence-electron chi connectivity index (χ1n) is 14.5. The molecule has 3 fully saturated rings. The van der Waals surface area contributed by atoms with Crippen LogP contribution in [0, 0.1) is 5.92 Å². The van der Waals surface area contributed by atoms with E-state index in [2.05, 4.69) is 11.9 Å². The molecule has 3 rings (SSSR count). The van der Waals surface area contributed by atoms with Gasteiger partial charge in [-0.15, -0.1) is 0 Å². The number of carbonyl (C=O) groups excluding carboxylic acids is 4. The topological polar surface area (TPSA) is 181 Å². The van der Waals surface area contributed by atoms with E-state index in [4.69, 9.17) is 18.9 Å². The molecule has 1 amide bonds. The van der Waals surface area contributed by atoms with Crippen molar-refractivity contribution in [3.63, 3.8) is 0 Å². The monoisotopic (exact) mass is 584 g/mol. The molecule has 10 atom stereocenters. The Kier molecular flexibility index (Phi) is 12.1. The van der Waals surface area contributed by atoms with Gasteiger partial charge < -0.3 is 39.2 Å². The Morgan fingerprint density at radius 1 is 1.05 bits per heavy atom. The number of amides is 1. The molecule has 2 aliphatic heterocycles. The third-order valence-corrected chi connectivity index (χ3v) is 7.96. The highest BCUT2D eigenvalue weighted by molar-refractivity contribution is 5.89. The van der Waals surface area contributed by atoms with Gasteiger partial charge in [0.1, 0.15) is 37.0 Å². The molecule has 0 aromatic rings. The Morgan fingerprint density at radius 2 is 1.76 bits per heavy atom. The average Bonchev–Trinajstić information content (AvgIpc) is 3.35. The molecule has 13 heteroatoms. The second-order valence-electron chi connectivity index (χ2n) is 10.8. The highest BCUT2D eigenvalue weighted by atomic mass is 16.7. The second-order valence-corrected chi connectivity index (χ2v) is 10.8. The second kappa shape index (κ2) is 15.1. The van der Waals surface area contributed by atoms with E-state index in [1.807, 2.05) is 6.92 Å². The summed E-state index contributed by atoms with van der Waals surface area (Å²) in [5, 5.41) is 34.1. The molecule has 1 aliphatic carbocycles. The molecule has 0 spiro atoms. The Bertz CT molecular complexity index is 946. The van der Waals surface area contributed by atoms with Gasteiger partial charge in [0.25, 0.3) is 0 Å². The summed E-state index contributed by atoms with van der Waals surface area (Å²) in [6, 6.07) is -2.73. The number of hydrogen-bond donors (Lipinski definition) is 4. The number of ether oxygens (including phenoxy) is 4. The van der Waals surface area contributed by atoms with Gasteiger partial charge in [-0.1, -0.05) is 38.8 Å². The van der Waals surface area contributed by atoms with Crippen LogP contribution in [0.4, 0.5) is 0 Å². The van der Waals surface area contributed by atoms with Crippen molar-refractivity contribution in [3.8, 4) is 0 Å². The Hall–Kier alpha value is -2.58. The van der Waals surface area contributed by atoms with E-state index in [1.165, 1.54) is 11.0 Å². The molecule has 41 heavy (non-hydrogen) atoms. The largest absolute Gasteiger partial charge is 0.465 e. The van der Waals surface area contributed by atoms with Crippen LogP contribution < -0.4 is 5.32 Å². The number of hydrogen-bond acceptors (Lipinski definition) is 12. The molecule has 1 saturated carbocycles. The zero-order valence-corrected chi connectivity index (χ0v) is 24.0. The molecule has 2 heterocycles. The lowest BCUT2D eigenvalue weighted by Crippen LogP contribution is -2.61. The number of rotatable bonds is 12. The summed E-state index contributed by atoms with van der Waals surface area (Å²) in [7, 11) is 0. The lowest BCUT2D eigenvalue weighted by Gasteiger charge is -2.39. The van der Waals surface area contributed by atoms with Crippen LogP contribution in [-0.4, -0.2) is 112 Å². The third-order valence-electron chi connectivity index (χ3n) is 7.96. The fourth-order valence-corrected chi connectivity index (χ4v) is 5.94. The molecule has 0 radical (unpaired) electrons. The van der Waals surface area contributed by atoms with E-state index in [0.29, 0.717) is 25.7 Å². The van der Waals surface area contributed by atoms with Crippen molar-refractivity contribution in [3.05, 3.63) is 12.7 Å². The van der Waals surface area contributed by atoms with Gasteiger partial charge in [0.2, 0.25) is 12.2 Å². The van der Waals surface area contributed by atoms with Crippen molar-refractivity contribution in [2.75, 3.05) is 13.2 Å². The first-order valence-corrected chi connectivity index (χ1v) is 14.5. The smallest absolute Gasteiger partial charge is 0.338 e. The van der Waals surface area contributed by atoms with E-state index in [-0.39, 0.29) is 31.1 Å². The minimum Gasteiger partial charge on any atom is -0.465 e. The SMILES string of the molecule is C=CCOC(=O)[C@@H]1O[C@@H](OC(=O)[C@@H]2C[C@@H]3CCCC[C@@H]3N2C(=O)[C@H](C)N[C@@H](CCC)C(=O)OCC)[C@@H](O)[C@H](O)[C@@H]1O. The van der Waals surface area contributed by atoms with Gasteiger partial charge in [-0.05, 0) is 45.4 Å². The number of aliphatic hydroxyl groups is 3. The number of nitrogens with zero attached hydrogens (tertiary/aromatic N) is 1. The van der Waals surface area contributed by atoms with Crippen molar-refractivity contribution in [1.29, 1.82) is 0 Å². The van der Waals surface area contributed by atoms with E-state index in [0.717, 1.165) is 19.3 Å². The van der Waals surface area contributed by atoms with Crippen molar-refractivity contribution in [1.82, 2.24) is 10.2 Å². The Balaban J connectivity index is 1.78. The highest BCUT2D eigenvalue weighted by Gasteiger charge is 2.53. The van der Waals surface area contributed by atoms with Gasteiger partial charge in [0.15, 0.2) is 6.10 Å². The van der Waals surface area contributed by atoms with E-state index < -0.39 is 66.7 Å². The van der Waals surface area contributed by atoms with Crippen molar-refractivity contribution in [2.24, 2.45) is 5.92 Å². The van der Waals surface area contributed by atoms with Gasteiger partial charge in [-0.2, -0.15) is 0 Å². The summed E-state index contributed by atoms with van der Waals surface area (Å²) < 4.78 is 20.9. The predicted octanol–water partition coefficient (Wildman–Crippen LogP) is -0.0640. The zero-order chi connectivity index (χ0) is 30.3. The molecule has 4 N–H and O–H groups in total. The minimum atomic E-state index is -1.87. The fraction of sp³-hybridized carbons (Fsp3) is 0.786. The molecular weight excluding hydrogens is 540 g/mol. The van der Waals surface area contributed by atoms with Crippen LogP contribution in [0.2, 0.25) is 0 Å². The number of likely N-dealkylation sites (tertiary alicyclic amines) is 1. The van der Waals surface area contributed by atoms with Crippen LogP contribution in [0.5, 0.6) is 0 Å².